The van der Waals surface area contributed by atoms with Crippen LogP contribution in [0.15, 0.2) is 0 Å². The average Bonchev–Trinajstić information content (AvgIpc) is 1.98. The molecule has 1 N–H and O–H groups in total. The summed E-state index contributed by atoms with van der Waals surface area (Å²) in [6.45, 7) is 2.42. The maximum Gasteiger partial charge on any atom is 0.0576 e. The van der Waals surface area contributed by atoms with E-state index in [2.05, 4.69) is 6.92 Å². The van der Waals surface area contributed by atoms with Crippen LogP contribution in [0.2, 0.25) is 0 Å². The van der Waals surface area contributed by atoms with Crippen LogP contribution < -0.4 is 0 Å². The molecule has 1 nitrogen and oxygen atoms in total. The van der Waals surface area contributed by atoms with Crippen molar-refractivity contribution in [2.24, 2.45) is 23.2 Å². The highest BCUT2D eigenvalue weighted by Gasteiger charge is 2.61. The number of aliphatic hydroxyl groups excluding tert-OH is 1. The van der Waals surface area contributed by atoms with Crippen LogP contribution in [0.4, 0.5) is 0 Å². The van der Waals surface area contributed by atoms with Crippen molar-refractivity contribution in [1.82, 2.24) is 0 Å². The first kappa shape index (κ1) is 7.37. The highest BCUT2D eigenvalue weighted by atomic mass is 16.3. The number of fused-ring (bicyclic) bond motifs is 2. The van der Waals surface area contributed by atoms with Gasteiger partial charge < -0.3 is 5.11 Å². The lowest BCUT2D eigenvalue weighted by atomic mass is 9.40. The van der Waals surface area contributed by atoms with Crippen molar-refractivity contribution in [3.05, 3.63) is 0 Å². The quantitative estimate of drug-likeness (QED) is 0.585. The van der Waals surface area contributed by atoms with E-state index in [-0.39, 0.29) is 6.10 Å². The molecule has 3 fully saturated rings. The van der Waals surface area contributed by atoms with Crippen LogP contribution in [-0.4, -0.2) is 11.2 Å². The van der Waals surface area contributed by atoms with Crippen LogP contribution in [0.3, 0.4) is 0 Å². The minimum atomic E-state index is 0.0466. The molecule has 3 aliphatic carbocycles. The molecule has 0 spiro atoms. The van der Waals surface area contributed by atoms with Gasteiger partial charge in [0.05, 0.1) is 6.10 Å². The Morgan fingerprint density at radius 2 is 1.92 bits per heavy atom. The van der Waals surface area contributed by atoms with Crippen LogP contribution >= 0.6 is 0 Å². The van der Waals surface area contributed by atoms with Gasteiger partial charge in [0.1, 0.15) is 0 Å². The maximum absolute atomic E-state index is 9.89. The number of rotatable bonds is 0. The van der Waals surface area contributed by atoms with E-state index in [0.29, 0.717) is 11.3 Å². The van der Waals surface area contributed by atoms with Gasteiger partial charge in [0.15, 0.2) is 0 Å². The minimum absolute atomic E-state index is 0.0466. The topological polar surface area (TPSA) is 20.2 Å². The summed E-state index contributed by atoms with van der Waals surface area (Å²) in [5.41, 5.74) is 0.556. The summed E-state index contributed by atoms with van der Waals surface area (Å²) in [5.74, 6) is 2.53. The summed E-state index contributed by atoms with van der Waals surface area (Å²) in [4.78, 5) is 0. The molecule has 5 unspecified atom stereocenters. The second kappa shape index (κ2) is 2.06. The Morgan fingerprint density at radius 3 is 2.67 bits per heavy atom. The van der Waals surface area contributed by atoms with Gasteiger partial charge in [-0.15, -0.1) is 0 Å². The molecule has 3 saturated carbocycles. The van der Waals surface area contributed by atoms with Crippen LogP contribution in [-0.2, 0) is 0 Å². The molecule has 0 aliphatic heterocycles. The fraction of sp³-hybridized carbons (Fsp3) is 1.00. The lowest BCUT2D eigenvalue weighted by molar-refractivity contribution is -0.201. The predicted octanol–water partition coefficient (Wildman–Crippen LogP) is 2.19. The first-order valence-electron chi connectivity index (χ1n) is 5.40. The molecule has 0 heterocycles. The first-order chi connectivity index (χ1) is 5.72. The zero-order valence-corrected chi connectivity index (χ0v) is 7.79. The fourth-order valence-electron chi connectivity index (χ4n) is 4.45. The molecule has 1 heteroatoms. The normalized spacial score (nSPS) is 62.5. The standard InChI is InChI=1S/C11H18O/c1-11-6-7-2-3-8(11)4-5-9(12)10(7)11/h7-10,12H,2-6H2,1H3. The second-order valence-corrected chi connectivity index (χ2v) is 5.41. The van der Waals surface area contributed by atoms with Crippen LogP contribution in [0, 0.1) is 23.2 Å². The summed E-state index contributed by atoms with van der Waals surface area (Å²) < 4.78 is 0. The summed E-state index contributed by atoms with van der Waals surface area (Å²) in [6.07, 6.45) is 6.69. The van der Waals surface area contributed by atoms with Gasteiger partial charge in [-0.2, -0.15) is 0 Å². The molecule has 0 aromatic heterocycles. The van der Waals surface area contributed by atoms with Gasteiger partial charge in [0.2, 0.25) is 0 Å². The van der Waals surface area contributed by atoms with Crippen molar-refractivity contribution in [3.8, 4) is 0 Å². The van der Waals surface area contributed by atoms with E-state index in [0.717, 1.165) is 18.3 Å². The van der Waals surface area contributed by atoms with Crippen LogP contribution in [0.25, 0.3) is 0 Å². The number of hydrogen-bond donors (Lipinski definition) is 1. The van der Waals surface area contributed by atoms with Crippen molar-refractivity contribution in [2.45, 2.75) is 45.1 Å². The van der Waals surface area contributed by atoms with Crippen LogP contribution in [0.5, 0.6) is 0 Å². The molecule has 0 aromatic carbocycles. The van der Waals surface area contributed by atoms with Gasteiger partial charge in [-0.05, 0) is 55.3 Å². The zero-order valence-electron chi connectivity index (χ0n) is 7.79. The monoisotopic (exact) mass is 166 g/mol. The Morgan fingerprint density at radius 1 is 1.17 bits per heavy atom. The third kappa shape index (κ3) is 0.654. The molecule has 2 bridgehead atoms. The summed E-state index contributed by atoms with van der Waals surface area (Å²) in [6, 6.07) is 0. The van der Waals surface area contributed by atoms with Crippen LogP contribution in [0.1, 0.15) is 39.0 Å². The van der Waals surface area contributed by atoms with E-state index >= 15 is 0 Å². The van der Waals surface area contributed by atoms with Gasteiger partial charge in [0.25, 0.3) is 0 Å². The molecular formula is C11H18O. The number of hydrogen-bond acceptors (Lipinski definition) is 1. The van der Waals surface area contributed by atoms with Crippen molar-refractivity contribution in [2.75, 3.05) is 0 Å². The van der Waals surface area contributed by atoms with Crippen molar-refractivity contribution in [1.29, 1.82) is 0 Å². The predicted molar refractivity (Wildman–Crippen MR) is 47.7 cm³/mol. The average molecular weight is 166 g/mol. The zero-order chi connectivity index (χ0) is 8.34. The lowest BCUT2D eigenvalue weighted by Crippen LogP contribution is -2.61. The molecule has 3 rings (SSSR count). The highest BCUT2D eigenvalue weighted by Crippen LogP contribution is 2.67. The van der Waals surface area contributed by atoms with E-state index in [4.69, 9.17) is 0 Å². The van der Waals surface area contributed by atoms with E-state index in [9.17, 15) is 5.11 Å². The third-order valence-electron chi connectivity index (χ3n) is 5.02. The largest absolute Gasteiger partial charge is 0.393 e. The Labute approximate surface area is 74.2 Å². The molecule has 0 aromatic rings. The van der Waals surface area contributed by atoms with E-state index < -0.39 is 0 Å². The Hall–Kier alpha value is -0.0400. The van der Waals surface area contributed by atoms with Gasteiger partial charge in [0, 0.05) is 0 Å². The second-order valence-electron chi connectivity index (χ2n) is 5.41. The van der Waals surface area contributed by atoms with Gasteiger partial charge >= 0.3 is 0 Å². The first-order valence-corrected chi connectivity index (χ1v) is 5.40. The Bertz CT molecular complexity index is 209. The Kier molecular flexibility index (Phi) is 1.27. The smallest absolute Gasteiger partial charge is 0.0576 e. The fourth-order valence-corrected chi connectivity index (χ4v) is 4.45. The molecule has 0 saturated heterocycles. The lowest BCUT2D eigenvalue weighted by Gasteiger charge is -2.66. The molecule has 5 atom stereocenters. The van der Waals surface area contributed by atoms with E-state index in [1.54, 1.807) is 0 Å². The van der Waals surface area contributed by atoms with Gasteiger partial charge in [-0.1, -0.05) is 6.92 Å². The summed E-state index contributed by atoms with van der Waals surface area (Å²) in [5, 5.41) is 9.89. The van der Waals surface area contributed by atoms with Crippen molar-refractivity contribution < 1.29 is 5.11 Å². The van der Waals surface area contributed by atoms with E-state index in [1.807, 2.05) is 0 Å². The molecule has 0 amide bonds. The number of aliphatic hydroxyl groups is 1. The summed E-state index contributed by atoms with van der Waals surface area (Å²) in [7, 11) is 0. The molecule has 0 radical (unpaired) electrons. The SMILES string of the molecule is CC12CC3CCC1CCC(O)C32. The van der Waals surface area contributed by atoms with Crippen molar-refractivity contribution >= 4 is 0 Å². The minimum Gasteiger partial charge on any atom is -0.393 e. The third-order valence-corrected chi connectivity index (χ3v) is 5.02. The van der Waals surface area contributed by atoms with Crippen molar-refractivity contribution in [3.63, 3.8) is 0 Å². The van der Waals surface area contributed by atoms with E-state index in [1.165, 1.54) is 25.7 Å². The molecule has 68 valence electrons. The van der Waals surface area contributed by atoms with Gasteiger partial charge in [-0.3, -0.25) is 0 Å². The maximum atomic E-state index is 9.89. The van der Waals surface area contributed by atoms with Gasteiger partial charge in [-0.25, -0.2) is 0 Å². The molecule has 3 aliphatic rings. The summed E-state index contributed by atoms with van der Waals surface area (Å²) >= 11 is 0. The molecular weight excluding hydrogens is 148 g/mol. The molecule has 12 heavy (non-hydrogen) atoms. The highest BCUT2D eigenvalue weighted by molar-refractivity contribution is 5.10. The Balaban J connectivity index is 1.95.